The highest BCUT2D eigenvalue weighted by molar-refractivity contribution is 9.10. The van der Waals surface area contributed by atoms with E-state index in [1.807, 2.05) is 12.1 Å². The van der Waals surface area contributed by atoms with Crippen molar-refractivity contribution in [1.29, 1.82) is 0 Å². The third kappa shape index (κ3) is 3.49. The van der Waals surface area contributed by atoms with Crippen molar-refractivity contribution in [3.05, 3.63) is 57.8 Å². The van der Waals surface area contributed by atoms with Gasteiger partial charge in [0, 0.05) is 16.6 Å². The van der Waals surface area contributed by atoms with E-state index in [-0.39, 0.29) is 12.4 Å². The maximum Gasteiger partial charge on any atom is 0.161 e. The van der Waals surface area contributed by atoms with Crippen LogP contribution in [0.1, 0.15) is 11.1 Å². The summed E-state index contributed by atoms with van der Waals surface area (Å²) in [5.74, 6) is 0.846. The number of halogens is 2. The van der Waals surface area contributed by atoms with E-state index < -0.39 is 0 Å². The predicted molar refractivity (Wildman–Crippen MR) is 79.3 cm³/mol. The van der Waals surface area contributed by atoms with E-state index in [1.54, 1.807) is 25.3 Å². The summed E-state index contributed by atoms with van der Waals surface area (Å²) in [4.78, 5) is 0. The third-order valence-corrected chi connectivity index (χ3v) is 3.35. The molecule has 0 spiro atoms. The van der Waals surface area contributed by atoms with Crippen molar-refractivity contribution in [2.45, 2.75) is 13.2 Å². The second-order valence-electron chi connectivity index (χ2n) is 4.21. The Morgan fingerprint density at radius 1 is 1.15 bits per heavy atom. The van der Waals surface area contributed by atoms with Crippen LogP contribution in [0, 0.1) is 5.82 Å². The molecule has 0 saturated carbocycles. The van der Waals surface area contributed by atoms with Crippen molar-refractivity contribution >= 4 is 15.9 Å². The normalized spacial score (nSPS) is 10.4. The Balaban J connectivity index is 2.16. The number of hydrogen-bond donors (Lipinski definition) is 1. The molecule has 0 amide bonds. The lowest BCUT2D eigenvalue weighted by atomic mass is 10.2. The molecular formula is C15H15BrFNO2. The van der Waals surface area contributed by atoms with E-state index in [9.17, 15) is 4.39 Å². The van der Waals surface area contributed by atoms with Crippen LogP contribution < -0.4 is 15.2 Å². The molecule has 2 rings (SSSR count). The minimum absolute atomic E-state index is 0.129. The smallest absolute Gasteiger partial charge is 0.161 e. The van der Waals surface area contributed by atoms with Crippen molar-refractivity contribution in [2.24, 2.45) is 5.73 Å². The average molecular weight is 340 g/mol. The molecule has 2 N–H and O–H groups in total. The van der Waals surface area contributed by atoms with Crippen molar-refractivity contribution < 1.29 is 13.9 Å². The highest BCUT2D eigenvalue weighted by atomic mass is 79.9. The van der Waals surface area contributed by atoms with E-state index >= 15 is 0 Å². The Hall–Kier alpha value is -1.59. The third-order valence-electron chi connectivity index (χ3n) is 2.85. The highest BCUT2D eigenvalue weighted by Gasteiger charge is 2.08. The van der Waals surface area contributed by atoms with Crippen LogP contribution in [0.3, 0.4) is 0 Å². The van der Waals surface area contributed by atoms with E-state index in [0.29, 0.717) is 23.6 Å². The van der Waals surface area contributed by atoms with E-state index in [2.05, 4.69) is 15.9 Å². The van der Waals surface area contributed by atoms with Gasteiger partial charge in [-0.3, -0.25) is 0 Å². The van der Waals surface area contributed by atoms with Gasteiger partial charge >= 0.3 is 0 Å². The summed E-state index contributed by atoms with van der Waals surface area (Å²) in [5, 5.41) is 0. The van der Waals surface area contributed by atoms with Crippen LogP contribution in [0.15, 0.2) is 40.9 Å². The zero-order chi connectivity index (χ0) is 14.5. The number of rotatable bonds is 5. The fourth-order valence-corrected chi connectivity index (χ4v) is 2.18. The van der Waals surface area contributed by atoms with Gasteiger partial charge in [-0.25, -0.2) is 4.39 Å². The van der Waals surface area contributed by atoms with Gasteiger partial charge in [-0.15, -0.1) is 0 Å². The summed E-state index contributed by atoms with van der Waals surface area (Å²) in [5.41, 5.74) is 7.00. The molecule has 20 heavy (non-hydrogen) atoms. The van der Waals surface area contributed by atoms with Gasteiger partial charge in [0.1, 0.15) is 12.4 Å². The molecule has 0 bridgehead atoms. The predicted octanol–water partition coefficient (Wildman–Crippen LogP) is 3.63. The lowest BCUT2D eigenvalue weighted by molar-refractivity contribution is 0.279. The van der Waals surface area contributed by atoms with Crippen LogP contribution >= 0.6 is 15.9 Å². The number of hydrogen-bond acceptors (Lipinski definition) is 3. The number of ether oxygens (including phenoxy) is 2. The molecule has 0 heterocycles. The van der Waals surface area contributed by atoms with Crippen molar-refractivity contribution in [1.82, 2.24) is 0 Å². The summed E-state index contributed by atoms with van der Waals surface area (Å²) < 4.78 is 25.3. The van der Waals surface area contributed by atoms with Gasteiger partial charge in [-0.1, -0.05) is 22.0 Å². The zero-order valence-corrected chi connectivity index (χ0v) is 12.6. The Morgan fingerprint density at radius 2 is 1.95 bits per heavy atom. The molecule has 2 aromatic rings. The molecular weight excluding hydrogens is 325 g/mol. The van der Waals surface area contributed by atoms with Gasteiger partial charge in [0.15, 0.2) is 11.5 Å². The van der Waals surface area contributed by atoms with Crippen LogP contribution in [0.4, 0.5) is 4.39 Å². The van der Waals surface area contributed by atoms with Gasteiger partial charge in [-0.05, 0) is 35.9 Å². The van der Waals surface area contributed by atoms with E-state index in [4.69, 9.17) is 15.2 Å². The van der Waals surface area contributed by atoms with Gasteiger partial charge in [0.05, 0.1) is 7.11 Å². The minimum Gasteiger partial charge on any atom is -0.493 e. The van der Waals surface area contributed by atoms with Crippen LogP contribution in [0.2, 0.25) is 0 Å². The van der Waals surface area contributed by atoms with Crippen LogP contribution in [-0.4, -0.2) is 7.11 Å². The molecule has 0 aliphatic heterocycles. The number of nitrogens with two attached hydrogens (primary N) is 1. The first kappa shape index (κ1) is 14.8. The van der Waals surface area contributed by atoms with Crippen LogP contribution in [-0.2, 0) is 13.2 Å². The molecule has 106 valence electrons. The molecule has 0 saturated heterocycles. The Labute approximate surface area is 125 Å². The van der Waals surface area contributed by atoms with Crippen molar-refractivity contribution in [2.75, 3.05) is 7.11 Å². The Morgan fingerprint density at radius 3 is 2.65 bits per heavy atom. The highest BCUT2D eigenvalue weighted by Crippen LogP contribution is 2.29. The van der Waals surface area contributed by atoms with Gasteiger partial charge < -0.3 is 15.2 Å². The standard InChI is InChI=1S/C15H15BrFNO2/c1-19-15-6-10(8-18)2-5-14(15)20-9-11-7-12(16)3-4-13(11)17/h2-7H,8-9,18H2,1H3. The molecule has 0 aliphatic rings. The van der Waals surface area contributed by atoms with Crippen molar-refractivity contribution in [3.8, 4) is 11.5 Å². The van der Waals surface area contributed by atoms with Crippen LogP contribution in [0.5, 0.6) is 11.5 Å². The fourth-order valence-electron chi connectivity index (χ4n) is 1.77. The zero-order valence-electron chi connectivity index (χ0n) is 11.0. The topological polar surface area (TPSA) is 44.5 Å². The fraction of sp³-hybridized carbons (Fsp3) is 0.200. The molecule has 0 radical (unpaired) electrons. The Kier molecular flexibility index (Phi) is 4.98. The molecule has 0 aromatic heterocycles. The monoisotopic (exact) mass is 339 g/mol. The Bertz CT molecular complexity index is 604. The van der Waals surface area contributed by atoms with Gasteiger partial charge in [0.25, 0.3) is 0 Å². The second kappa shape index (κ2) is 6.72. The van der Waals surface area contributed by atoms with E-state index in [0.717, 1.165) is 10.0 Å². The maximum absolute atomic E-state index is 13.6. The summed E-state index contributed by atoms with van der Waals surface area (Å²) in [6.07, 6.45) is 0. The first-order valence-corrected chi connectivity index (χ1v) is 6.87. The molecule has 0 atom stereocenters. The number of methoxy groups -OCH3 is 1. The second-order valence-corrected chi connectivity index (χ2v) is 5.13. The minimum atomic E-state index is -0.300. The van der Waals surface area contributed by atoms with Gasteiger partial charge in [0.2, 0.25) is 0 Å². The number of benzene rings is 2. The first-order valence-electron chi connectivity index (χ1n) is 6.07. The van der Waals surface area contributed by atoms with Crippen LogP contribution in [0.25, 0.3) is 0 Å². The maximum atomic E-state index is 13.6. The van der Waals surface area contributed by atoms with E-state index in [1.165, 1.54) is 6.07 Å². The van der Waals surface area contributed by atoms with Gasteiger partial charge in [-0.2, -0.15) is 0 Å². The molecule has 2 aromatic carbocycles. The SMILES string of the molecule is COc1cc(CN)ccc1OCc1cc(Br)ccc1F. The molecule has 3 nitrogen and oxygen atoms in total. The lowest BCUT2D eigenvalue weighted by Crippen LogP contribution is -2.02. The summed E-state index contributed by atoms with van der Waals surface area (Å²) >= 11 is 3.31. The van der Waals surface area contributed by atoms with Crippen molar-refractivity contribution in [3.63, 3.8) is 0 Å². The largest absolute Gasteiger partial charge is 0.493 e. The molecule has 0 aliphatic carbocycles. The molecule has 0 fully saturated rings. The summed E-state index contributed by atoms with van der Waals surface area (Å²) in [7, 11) is 1.56. The summed E-state index contributed by atoms with van der Waals surface area (Å²) in [6, 6.07) is 10.2. The molecule has 0 unspecified atom stereocenters. The summed E-state index contributed by atoms with van der Waals surface area (Å²) in [6.45, 7) is 0.556. The molecule has 5 heteroatoms. The quantitative estimate of drug-likeness (QED) is 0.904. The first-order chi connectivity index (χ1) is 9.63. The lowest BCUT2D eigenvalue weighted by Gasteiger charge is -2.12. The average Bonchev–Trinajstić information content (AvgIpc) is 2.48.